The summed E-state index contributed by atoms with van der Waals surface area (Å²) in [5, 5.41) is 11.4. The second kappa shape index (κ2) is 8.21. The molecule has 0 spiro atoms. The number of amides is 1. The first-order valence-corrected chi connectivity index (χ1v) is 6.85. The Morgan fingerprint density at radius 3 is 2.71 bits per heavy atom. The number of aryl methyl sites for hydroxylation is 1. The summed E-state index contributed by atoms with van der Waals surface area (Å²) in [6.07, 6.45) is 2.47. The number of benzene rings is 1. The van der Waals surface area contributed by atoms with Gasteiger partial charge in [0, 0.05) is 24.8 Å². The Hall–Kier alpha value is -2.14. The molecule has 21 heavy (non-hydrogen) atoms. The van der Waals surface area contributed by atoms with E-state index in [4.69, 9.17) is 9.84 Å². The molecule has 5 nitrogen and oxygen atoms in total. The third-order valence-electron chi connectivity index (χ3n) is 2.78. The Labute approximate surface area is 124 Å². The third-order valence-corrected chi connectivity index (χ3v) is 2.78. The molecule has 1 amide bonds. The standard InChI is InChI=1S/C16H21NO4/c1-4-21-12(3)10-17-16(20)14-8-11(2)7-13(9-14)5-6-15(18)19/h5-9,12H,4,10H2,1-3H3,(H,17,20)(H,18,19)/b6-5+. The van der Waals surface area contributed by atoms with Crippen LogP contribution in [-0.4, -0.2) is 36.2 Å². The van der Waals surface area contributed by atoms with Gasteiger partial charge < -0.3 is 15.2 Å². The SMILES string of the molecule is CCOC(C)CNC(=O)c1cc(C)cc(/C=C/C(=O)O)c1. The Morgan fingerprint density at radius 1 is 1.38 bits per heavy atom. The highest BCUT2D eigenvalue weighted by atomic mass is 16.5. The zero-order chi connectivity index (χ0) is 15.8. The molecular formula is C16H21NO4. The minimum absolute atomic E-state index is 0.0462. The van der Waals surface area contributed by atoms with E-state index < -0.39 is 5.97 Å². The number of carbonyl (C=O) groups excluding carboxylic acids is 1. The molecule has 0 radical (unpaired) electrons. The molecule has 5 heteroatoms. The first-order chi connectivity index (χ1) is 9.92. The maximum atomic E-state index is 12.1. The van der Waals surface area contributed by atoms with Gasteiger partial charge in [0.2, 0.25) is 0 Å². The van der Waals surface area contributed by atoms with Gasteiger partial charge in [-0.1, -0.05) is 6.07 Å². The fourth-order valence-corrected chi connectivity index (χ4v) is 1.89. The molecule has 0 aliphatic heterocycles. The predicted molar refractivity (Wildman–Crippen MR) is 81.3 cm³/mol. The molecule has 0 fully saturated rings. The van der Waals surface area contributed by atoms with Gasteiger partial charge in [0.1, 0.15) is 0 Å². The number of carboxylic acids is 1. The van der Waals surface area contributed by atoms with Crippen molar-refractivity contribution in [1.82, 2.24) is 5.32 Å². The number of carboxylic acid groups (broad SMARTS) is 1. The van der Waals surface area contributed by atoms with Crippen molar-refractivity contribution in [2.24, 2.45) is 0 Å². The summed E-state index contributed by atoms with van der Waals surface area (Å²) in [6.45, 7) is 6.69. The summed E-state index contributed by atoms with van der Waals surface area (Å²) in [7, 11) is 0. The van der Waals surface area contributed by atoms with Crippen LogP contribution < -0.4 is 5.32 Å². The minimum atomic E-state index is -1.02. The molecule has 0 heterocycles. The number of hydrogen-bond acceptors (Lipinski definition) is 3. The number of rotatable bonds is 7. The fraction of sp³-hybridized carbons (Fsp3) is 0.375. The molecule has 0 saturated heterocycles. The van der Waals surface area contributed by atoms with Crippen LogP contribution in [0.15, 0.2) is 24.3 Å². The van der Waals surface area contributed by atoms with E-state index in [1.807, 2.05) is 26.8 Å². The van der Waals surface area contributed by atoms with E-state index in [-0.39, 0.29) is 12.0 Å². The Bertz CT molecular complexity index is 537. The lowest BCUT2D eigenvalue weighted by molar-refractivity contribution is -0.131. The van der Waals surface area contributed by atoms with Crippen LogP contribution in [-0.2, 0) is 9.53 Å². The number of ether oxygens (including phenoxy) is 1. The van der Waals surface area contributed by atoms with Gasteiger partial charge >= 0.3 is 5.97 Å². The highest BCUT2D eigenvalue weighted by Crippen LogP contribution is 2.11. The second-order valence-electron chi connectivity index (χ2n) is 4.78. The van der Waals surface area contributed by atoms with Crippen LogP contribution in [0, 0.1) is 6.92 Å². The monoisotopic (exact) mass is 291 g/mol. The molecule has 0 aliphatic carbocycles. The first kappa shape index (κ1) is 16.9. The molecule has 2 N–H and O–H groups in total. The summed E-state index contributed by atoms with van der Waals surface area (Å²) < 4.78 is 5.35. The van der Waals surface area contributed by atoms with Crippen LogP contribution in [0.4, 0.5) is 0 Å². The van der Waals surface area contributed by atoms with Gasteiger partial charge in [-0.25, -0.2) is 4.79 Å². The van der Waals surface area contributed by atoms with Crippen LogP contribution >= 0.6 is 0 Å². The zero-order valence-corrected chi connectivity index (χ0v) is 12.6. The van der Waals surface area contributed by atoms with Crippen molar-refractivity contribution >= 4 is 18.0 Å². The minimum Gasteiger partial charge on any atom is -0.478 e. The molecule has 1 aromatic carbocycles. The van der Waals surface area contributed by atoms with Gasteiger partial charge in [0.15, 0.2) is 0 Å². The van der Waals surface area contributed by atoms with Crippen molar-refractivity contribution in [2.45, 2.75) is 26.9 Å². The number of aliphatic carboxylic acids is 1. The van der Waals surface area contributed by atoms with Crippen molar-refractivity contribution in [3.8, 4) is 0 Å². The van der Waals surface area contributed by atoms with E-state index in [2.05, 4.69) is 5.32 Å². The average Bonchev–Trinajstić information content (AvgIpc) is 2.42. The quantitative estimate of drug-likeness (QED) is 0.755. The van der Waals surface area contributed by atoms with Crippen LogP contribution in [0.5, 0.6) is 0 Å². The van der Waals surface area contributed by atoms with E-state index in [9.17, 15) is 9.59 Å². The highest BCUT2D eigenvalue weighted by molar-refractivity contribution is 5.95. The summed E-state index contributed by atoms with van der Waals surface area (Å²) in [5.74, 6) is -1.22. The molecule has 1 aromatic rings. The smallest absolute Gasteiger partial charge is 0.328 e. The average molecular weight is 291 g/mol. The van der Waals surface area contributed by atoms with Gasteiger partial charge in [-0.15, -0.1) is 0 Å². The fourth-order valence-electron chi connectivity index (χ4n) is 1.89. The van der Waals surface area contributed by atoms with Crippen LogP contribution in [0.1, 0.15) is 35.3 Å². The van der Waals surface area contributed by atoms with Crippen LogP contribution in [0.2, 0.25) is 0 Å². The number of nitrogens with one attached hydrogen (secondary N) is 1. The molecule has 0 bridgehead atoms. The van der Waals surface area contributed by atoms with Crippen LogP contribution in [0.25, 0.3) is 6.08 Å². The molecule has 0 saturated carbocycles. The largest absolute Gasteiger partial charge is 0.478 e. The lowest BCUT2D eigenvalue weighted by Crippen LogP contribution is -2.32. The summed E-state index contributed by atoms with van der Waals surface area (Å²) >= 11 is 0. The molecular weight excluding hydrogens is 270 g/mol. The first-order valence-electron chi connectivity index (χ1n) is 6.85. The summed E-state index contributed by atoms with van der Waals surface area (Å²) in [6, 6.07) is 5.24. The van der Waals surface area contributed by atoms with E-state index in [0.717, 1.165) is 11.6 Å². The lowest BCUT2D eigenvalue weighted by Gasteiger charge is -2.13. The molecule has 0 aliphatic rings. The van der Waals surface area contributed by atoms with Gasteiger partial charge in [0.05, 0.1) is 6.10 Å². The predicted octanol–water partition coefficient (Wildman–Crippen LogP) is 2.25. The topological polar surface area (TPSA) is 75.6 Å². The van der Waals surface area contributed by atoms with Crippen LogP contribution in [0.3, 0.4) is 0 Å². The number of hydrogen-bond donors (Lipinski definition) is 2. The second-order valence-corrected chi connectivity index (χ2v) is 4.78. The Balaban J connectivity index is 2.77. The van der Waals surface area contributed by atoms with Crippen molar-refractivity contribution in [3.05, 3.63) is 41.0 Å². The van der Waals surface area contributed by atoms with E-state index >= 15 is 0 Å². The molecule has 0 aromatic heterocycles. The lowest BCUT2D eigenvalue weighted by atomic mass is 10.1. The third kappa shape index (κ3) is 6.23. The van der Waals surface area contributed by atoms with E-state index in [0.29, 0.717) is 24.3 Å². The highest BCUT2D eigenvalue weighted by Gasteiger charge is 2.09. The molecule has 114 valence electrons. The van der Waals surface area contributed by atoms with Crippen molar-refractivity contribution < 1.29 is 19.4 Å². The zero-order valence-electron chi connectivity index (χ0n) is 12.6. The Kier molecular flexibility index (Phi) is 6.62. The molecule has 1 unspecified atom stereocenters. The summed E-state index contributed by atoms with van der Waals surface area (Å²) in [5.41, 5.74) is 2.08. The molecule has 1 rings (SSSR count). The maximum absolute atomic E-state index is 12.1. The normalized spacial score (nSPS) is 12.3. The van der Waals surface area contributed by atoms with E-state index in [1.54, 1.807) is 12.1 Å². The summed E-state index contributed by atoms with van der Waals surface area (Å²) in [4.78, 5) is 22.6. The Morgan fingerprint density at radius 2 is 2.10 bits per heavy atom. The van der Waals surface area contributed by atoms with Gasteiger partial charge in [-0.2, -0.15) is 0 Å². The van der Waals surface area contributed by atoms with Crippen molar-refractivity contribution in [3.63, 3.8) is 0 Å². The van der Waals surface area contributed by atoms with Gasteiger partial charge in [0.25, 0.3) is 5.91 Å². The number of carbonyl (C=O) groups is 2. The van der Waals surface area contributed by atoms with E-state index in [1.165, 1.54) is 6.08 Å². The van der Waals surface area contributed by atoms with Gasteiger partial charge in [-0.05, 0) is 50.1 Å². The van der Waals surface area contributed by atoms with Gasteiger partial charge in [-0.3, -0.25) is 4.79 Å². The molecule has 1 atom stereocenters. The van der Waals surface area contributed by atoms with Crippen molar-refractivity contribution in [2.75, 3.05) is 13.2 Å². The maximum Gasteiger partial charge on any atom is 0.328 e. The van der Waals surface area contributed by atoms with Crippen molar-refractivity contribution in [1.29, 1.82) is 0 Å².